The highest BCUT2D eigenvalue weighted by atomic mass is 35.5. The first kappa shape index (κ1) is 21.8. The Morgan fingerprint density at radius 2 is 2.00 bits per heavy atom. The average Bonchev–Trinajstić information content (AvgIpc) is 3.02. The van der Waals surface area contributed by atoms with Crippen molar-refractivity contribution >= 4 is 40.0 Å². The molecule has 0 bridgehead atoms. The normalized spacial score (nSPS) is 22.8. The zero-order valence-corrected chi connectivity index (χ0v) is 19.0. The van der Waals surface area contributed by atoms with E-state index in [1.54, 1.807) is 6.07 Å². The molecule has 1 spiro atoms. The number of nitrogens with two attached hydrogens (primary N) is 1. The third kappa shape index (κ3) is 4.79. The molecule has 1 saturated heterocycles. The molecule has 6 heteroatoms. The van der Waals surface area contributed by atoms with Gasteiger partial charge in [-0.3, -0.25) is 0 Å². The van der Waals surface area contributed by atoms with Crippen LogP contribution >= 0.6 is 35.0 Å². The van der Waals surface area contributed by atoms with Gasteiger partial charge in [-0.1, -0.05) is 54.0 Å². The summed E-state index contributed by atoms with van der Waals surface area (Å²) in [5, 5.41) is 1.94. The number of piperidine rings is 1. The Kier molecular flexibility index (Phi) is 7.19. The Labute approximate surface area is 183 Å². The summed E-state index contributed by atoms with van der Waals surface area (Å²) in [6.45, 7) is 10.3. The largest absolute Gasteiger partial charge is 0.374 e. The predicted octanol–water partition coefficient (Wildman–Crippen LogP) is 6.51. The molecular weight excluding hydrogens is 409 g/mol. The smallest absolute Gasteiger partial charge is 0.103 e. The van der Waals surface area contributed by atoms with Gasteiger partial charge < -0.3 is 10.6 Å². The molecule has 1 atom stereocenters. The van der Waals surface area contributed by atoms with Crippen LogP contribution in [-0.4, -0.2) is 29.1 Å². The maximum absolute atomic E-state index is 6.41. The number of halogens is 2. The van der Waals surface area contributed by atoms with Crippen molar-refractivity contribution in [3.05, 3.63) is 52.3 Å². The fraction of sp³-hybridized carbons (Fsp3) is 0.500. The molecular formula is C22H29Cl2N3S. The molecule has 0 unspecified atom stereocenters. The van der Waals surface area contributed by atoms with Crippen molar-refractivity contribution in [2.45, 2.75) is 56.9 Å². The molecule has 28 heavy (non-hydrogen) atoms. The second-order valence-electron chi connectivity index (χ2n) is 7.99. The number of rotatable bonds is 4. The molecule has 2 fully saturated rings. The lowest BCUT2D eigenvalue weighted by molar-refractivity contribution is 0.116. The Morgan fingerprint density at radius 1 is 1.29 bits per heavy atom. The van der Waals surface area contributed by atoms with E-state index in [1.165, 1.54) is 49.6 Å². The lowest BCUT2D eigenvalue weighted by Gasteiger charge is -2.43. The van der Waals surface area contributed by atoms with E-state index in [2.05, 4.69) is 18.4 Å². The first-order valence-electron chi connectivity index (χ1n) is 9.85. The summed E-state index contributed by atoms with van der Waals surface area (Å²) in [5.41, 5.74) is 8.86. The van der Waals surface area contributed by atoms with E-state index in [1.807, 2.05) is 25.3 Å². The number of nitrogens with zero attached hydrogens (tertiary/aromatic N) is 2. The number of aliphatic imine (C=N–C) groups is 1. The Bertz CT molecular complexity index is 795. The van der Waals surface area contributed by atoms with Gasteiger partial charge >= 0.3 is 0 Å². The second-order valence-corrected chi connectivity index (χ2v) is 9.80. The van der Waals surface area contributed by atoms with E-state index >= 15 is 0 Å². The lowest BCUT2D eigenvalue weighted by Crippen LogP contribution is -2.46. The third-order valence-electron chi connectivity index (χ3n) is 6.09. The Morgan fingerprint density at radius 3 is 2.61 bits per heavy atom. The van der Waals surface area contributed by atoms with Gasteiger partial charge in [0.15, 0.2) is 0 Å². The summed E-state index contributed by atoms with van der Waals surface area (Å²) in [5.74, 6) is 0. The van der Waals surface area contributed by atoms with Crippen LogP contribution in [0.4, 0.5) is 0 Å². The van der Waals surface area contributed by atoms with Crippen molar-refractivity contribution in [2.24, 2.45) is 16.1 Å². The van der Waals surface area contributed by atoms with Crippen molar-refractivity contribution in [1.29, 1.82) is 0 Å². The molecule has 1 aliphatic heterocycles. The fourth-order valence-electron chi connectivity index (χ4n) is 4.22. The van der Waals surface area contributed by atoms with E-state index in [0.717, 1.165) is 28.6 Å². The summed E-state index contributed by atoms with van der Waals surface area (Å²) in [4.78, 5) is 8.03. The minimum Gasteiger partial charge on any atom is -0.374 e. The molecule has 1 heterocycles. The molecule has 0 aromatic heterocycles. The molecule has 1 aliphatic carbocycles. The van der Waals surface area contributed by atoms with E-state index in [4.69, 9.17) is 33.9 Å². The second kappa shape index (κ2) is 9.25. The van der Waals surface area contributed by atoms with Crippen LogP contribution in [-0.2, 0) is 0 Å². The Balaban J connectivity index is 1.69. The highest BCUT2D eigenvalue weighted by Gasteiger charge is 2.42. The molecule has 1 aromatic rings. The van der Waals surface area contributed by atoms with Crippen molar-refractivity contribution < 1.29 is 0 Å². The summed E-state index contributed by atoms with van der Waals surface area (Å²) in [6, 6.07) is 6.01. The molecule has 1 saturated carbocycles. The van der Waals surface area contributed by atoms with Gasteiger partial charge in [-0.15, -0.1) is 0 Å². The number of thioether (sulfide) groups is 1. The van der Waals surface area contributed by atoms with E-state index in [-0.39, 0.29) is 0 Å². The zero-order chi connectivity index (χ0) is 20.3. The standard InChI is InChI=1S/C22H29Cl2N3S/c1-15(2)21(28-18-7-4-6-17(23)20(18)24)26-14-16(3)27-12-10-22(11-13-27)9-5-8-19(22)25/h4,6-7,14,19H,1,5,8-13,25H2,2-3H3/b16-14+,26-21?/t19-/m1/s1. The number of allylic oxidation sites excluding steroid dienone is 1. The van der Waals surface area contributed by atoms with Crippen LogP contribution in [0.5, 0.6) is 0 Å². The molecule has 3 rings (SSSR count). The van der Waals surface area contributed by atoms with Crippen LogP contribution < -0.4 is 5.73 Å². The lowest BCUT2D eigenvalue weighted by atomic mass is 9.74. The number of benzene rings is 1. The molecule has 152 valence electrons. The van der Waals surface area contributed by atoms with Gasteiger partial charge in [0.1, 0.15) is 5.04 Å². The van der Waals surface area contributed by atoms with Gasteiger partial charge in [-0.2, -0.15) is 0 Å². The number of hydrogen-bond donors (Lipinski definition) is 1. The summed E-state index contributed by atoms with van der Waals surface area (Å²) < 4.78 is 0. The SMILES string of the molecule is C=C(C)C(=N/C=C(\C)N1CCC2(CCC[C@H]2N)CC1)Sc1cccc(Cl)c1Cl. The third-order valence-corrected chi connectivity index (χ3v) is 8.23. The summed E-state index contributed by atoms with van der Waals surface area (Å²) in [6.07, 6.45) is 8.07. The maximum atomic E-state index is 6.41. The van der Waals surface area contributed by atoms with Crippen molar-refractivity contribution in [3.8, 4) is 0 Å². The van der Waals surface area contributed by atoms with E-state index < -0.39 is 0 Å². The molecule has 2 N–H and O–H groups in total. The van der Waals surface area contributed by atoms with Crippen molar-refractivity contribution in [1.82, 2.24) is 4.90 Å². The van der Waals surface area contributed by atoms with Crippen LogP contribution in [0.1, 0.15) is 46.0 Å². The van der Waals surface area contributed by atoms with Crippen molar-refractivity contribution in [2.75, 3.05) is 13.1 Å². The quantitative estimate of drug-likeness (QED) is 0.331. The van der Waals surface area contributed by atoms with Gasteiger partial charge in [0.2, 0.25) is 0 Å². The number of hydrogen-bond acceptors (Lipinski definition) is 4. The van der Waals surface area contributed by atoms with Crippen LogP contribution in [0, 0.1) is 5.41 Å². The first-order valence-corrected chi connectivity index (χ1v) is 11.4. The Hall–Kier alpha value is -0.940. The molecule has 2 aliphatic rings. The average molecular weight is 438 g/mol. The van der Waals surface area contributed by atoms with Gasteiger partial charge in [-0.25, -0.2) is 4.99 Å². The fourth-order valence-corrected chi connectivity index (χ4v) is 5.52. The topological polar surface area (TPSA) is 41.6 Å². The highest BCUT2D eigenvalue weighted by molar-refractivity contribution is 8.14. The van der Waals surface area contributed by atoms with Gasteiger partial charge in [0.25, 0.3) is 0 Å². The van der Waals surface area contributed by atoms with Crippen LogP contribution in [0.25, 0.3) is 0 Å². The van der Waals surface area contributed by atoms with Crippen LogP contribution in [0.15, 0.2) is 52.1 Å². The van der Waals surface area contributed by atoms with Gasteiger partial charge in [0.05, 0.1) is 10.0 Å². The number of likely N-dealkylation sites (tertiary alicyclic amines) is 1. The maximum Gasteiger partial charge on any atom is 0.103 e. The summed E-state index contributed by atoms with van der Waals surface area (Å²) >= 11 is 14.0. The molecule has 0 radical (unpaired) electrons. The van der Waals surface area contributed by atoms with E-state index in [9.17, 15) is 0 Å². The highest BCUT2D eigenvalue weighted by Crippen LogP contribution is 2.45. The monoisotopic (exact) mass is 437 g/mol. The van der Waals surface area contributed by atoms with Crippen LogP contribution in [0.3, 0.4) is 0 Å². The van der Waals surface area contributed by atoms with Gasteiger partial charge in [-0.05, 0) is 62.7 Å². The molecule has 3 nitrogen and oxygen atoms in total. The summed E-state index contributed by atoms with van der Waals surface area (Å²) in [7, 11) is 0. The minimum atomic E-state index is 0.377. The minimum absolute atomic E-state index is 0.377. The predicted molar refractivity (Wildman–Crippen MR) is 123 cm³/mol. The van der Waals surface area contributed by atoms with Gasteiger partial charge in [0, 0.05) is 35.9 Å². The molecule has 1 aromatic carbocycles. The van der Waals surface area contributed by atoms with E-state index in [0.29, 0.717) is 21.5 Å². The van der Waals surface area contributed by atoms with Crippen molar-refractivity contribution in [3.63, 3.8) is 0 Å². The molecule has 0 amide bonds. The zero-order valence-electron chi connectivity index (χ0n) is 16.7. The van der Waals surface area contributed by atoms with Crippen LogP contribution in [0.2, 0.25) is 10.0 Å². The first-order chi connectivity index (χ1) is 13.3.